The third-order valence-corrected chi connectivity index (χ3v) is 3.56. The van der Waals surface area contributed by atoms with Crippen molar-refractivity contribution in [3.05, 3.63) is 22.7 Å². The number of carbonyl (C=O) groups is 1. The summed E-state index contributed by atoms with van der Waals surface area (Å²) in [7, 11) is 1.60. The summed E-state index contributed by atoms with van der Waals surface area (Å²) >= 11 is 7.60. The van der Waals surface area contributed by atoms with Crippen LogP contribution in [-0.2, 0) is 0 Å². The minimum atomic E-state index is 0.114. The van der Waals surface area contributed by atoms with Crippen molar-refractivity contribution in [2.45, 2.75) is 11.3 Å². The van der Waals surface area contributed by atoms with E-state index in [2.05, 4.69) is 0 Å². The summed E-state index contributed by atoms with van der Waals surface area (Å²) in [5.41, 5.74) is 0.627. The molecule has 1 aromatic rings. The lowest BCUT2D eigenvalue weighted by atomic mass is 10.1. The number of Topliss-reactive ketones (excluding diaryl/α,β-unsaturated/α-hetero) is 1. The number of carbonyl (C=O) groups excluding carboxylic acids is 1. The zero-order chi connectivity index (χ0) is 10.1. The van der Waals surface area contributed by atoms with Gasteiger partial charge >= 0.3 is 0 Å². The Hall–Kier alpha value is -0.670. The third-order valence-electron chi connectivity index (χ3n) is 2.14. The zero-order valence-corrected chi connectivity index (χ0v) is 9.24. The molecule has 1 heterocycles. The molecule has 0 unspecified atom stereocenters. The van der Waals surface area contributed by atoms with Crippen LogP contribution in [-0.4, -0.2) is 18.6 Å². The fourth-order valence-corrected chi connectivity index (χ4v) is 2.95. The highest BCUT2D eigenvalue weighted by Crippen LogP contribution is 2.40. The highest BCUT2D eigenvalue weighted by atomic mass is 35.5. The van der Waals surface area contributed by atoms with Crippen molar-refractivity contribution in [3.8, 4) is 5.75 Å². The van der Waals surface area contributed by atoms with Crippen LogP contribution in [0.1, 0.15) is 16.8 Å². The summed E-state index contributed by atoms with van der Waals surface area (Å²) in [6.07, 6.45) is 0.560. The van der Waals surface area contributed by atoms with Crippen molar-refractivity contribution >= 4 is 29.1 Å². The quantitative estimate of drug-likeness (QED) is 0.739. The van der Waals surface area contributed by atoms with Gasteiger partial charge in [-0.15, -0.1) is 11.8 Å². The van der Waals surface area contributed by atoms with Gasteiger partial charge in [-0.05, 0) is 12.1 Å². The van der Waals surface area contributed by atoms with E-state index in [1.54, 1.807) is 31.0 Å². The van der Waals surface area contributed by atoms with Gasteiger partial charge in [0.15, 0.2) is 5.78 Å². The first-order valence-electron chi connectivity index (χ1n) is 4.26. The Morgan fingerprint density at radius 1 is 1.50 bits per heavy atom. The lowest BCUT2D eigenvalue weighted by molar-refractivity contribution is 0.0984. The van der Waals surface area contributed by atoms with E-state index in [-0.39, 0.29) is 5.78 Å². The molecule has 1 aliphatic heterocycles. The van der Waals surface area contributed by atoms with Gasteiger partial charge in [0.25, 0.3) is 0 Å². The predicted molar refractivity (Wildman–Crippen MR) is 57.7 cm³/mol. The van der Waals surface area contributed by atoms with Crippen LogP contribution in [0.3, 0.4) is 0 Å². The molecule has 0 aliphatic carbocycles. The summed E-state index contributed by atoms with van der Waals surface area (Å²) in [6.45, 7) is 0. The van der Waals surface area contributed by atoms with Crippen LogP contribution in [0, 0.1) is 0 Å². The molecule has 0 radical (unpaired) electrons. The molecular formula is C10H9ClO2S. The molecule has 0 bridgehead atoms. The Morgan fingerprint density at radius 2 is 2.29 bits per heavy atom. The minimum Gasteiger partial charge on any atom is -0.496 e. The molecule has 2 nitrogen and oxygen atoms in total. The van der Waals surface area contributed by atoms with Crippen molar-refractivity contribution < 1.29 is 9.53 Å². The van der Waals surface area contributed by atoms with Gasteiger partial charge < -0.3 is 4.74 Å². The van der Waals surface area contributed by atoms with Crippen molar-refractivity contribution in [2.75, 3.05) is 12.9 Å². The summed E-state index contributed by atoms with van der Waals surface area (Å²) in [4.78, 5) is 12.5. The number of rotatable bonds is 1. The van der Waals surface area contributed by atoms with Crippen LogP contribution in [0.25, 0.3) is 0 Å². The number of thioether (sulfide) groups is 1. The van der Waals surface area contributed by atoms with E-state index in [1.165, 1.54) is 0 Å². The van der Waals surface area contributed by atoms with E-state index < -0.39 is 0 Å². The summed E-state index contributed by atoms with van der Waals surface area (Å²) < 4.78 is 5.18. The van der Waals surface area contributed by atoms with E-state index >= 15 is 0 Å². The molecule has 0 fully saturated rings. The van der Waals surface area contributed by atoms with Crippen LogP contribution in [0.4, 0.5) is 0 Å². The maximum absolute atomic E-state index is 11.6. The molecule has 0 atom stereocenters. The first kappa shape index (κ1) is 9.87. The monoisotopic (exact) mass is 228 g/mol. The van der Waals surface area contributed by atoms with Crippen LogP contribution >= 0.6 is 23.4 Å². The van der Waals surface area contributed by atoms with Gasteiger partial charge in [-0.3, -0.25) is 4.79 Å². The maximum atomic E-state index is 11.6. The average Bonchev–Trinajstić information content (AvgIpc) is 2.18. The molecule has 74 valence electrons. The van der Waals surface area contributed by atoms with Gasteiger partial charge in [-0.1, -0.05) is 11.6 Å². The molecule has 0 saturated heterocycles. The normalized spacial score (nSPS) is 15.1. The van der Waals surface area contributed by atoms with E-state index in [4.69, 9.17) is 16.3 Å². The maximum Gasteiger partial charge on any atom is 0.166 e. The van der Waals surface area contributed by atoms with Crippen LogP contribution in [0.5, 0.6) is 5.75 Å². The second-order valence-electron chi connectivity index (χ2n) is 2.98. The van der Waals surface area contributed by atoms with Gasteiger partial charge in [0.05, 0.1) is 22.6 Å². The molecule has 4 heteroatoms. The lowest BCUT2D eigenvalue weighted by Gasteiger charge is -2.17. The van der Waals surface area contributed by atoms with Gasteiger partial charge in [-0.25, -0.2) is 0 Å². The molecular weight excluding hydrogens is 220 g/mol. The first-order valence-corrected chi connectivity index (χ1v) is 5.63. The van der Waals surface area contributed by atoms with E-state index in [0.717, 1.165) is 16.4 Å². The Kier molecular flexibility index (Phi) is 2.70. The summed E-state index contributed by atoms with van der Waals surface area (Å²) in [5.74, 6) is 1.66. The molecule has 0 saturated carbocycles. The van der Waals surface area contributed by atoms with Crippen molar-refractivity contribution in [1.82, 2.24) is 0 Å². The van der Waals surface area contributed by atoms with E-state index in [1.807, 2.05) is 0 Å². The molecule has 0 amide bonds. The van der Waals surface area contributed by atoms with E-state index in [9.17, 15) is 4.79 Å². The molecule has 0 N–H and O–H groups in total. The predicted octanol–water partition coefficient (Wildman–Crippen LogP) is 3.03. The molecule has 0 aromatic heterocycles. The fraction of sp³-hybridized carbons (Fsp3) is 0.300. The van der Waals surface area contributed by atoms with Crippen molar-refractivity contribution in [2.24, 2.45) is 0 Å². The molecule has 14 heavy (non-hydrogen) atoms. The van der Waals surface area contributed by atoms with Gasteiger partial charge in [0, 0.05) is 12.2 Å². The smallest absolute Gasteiger partial charge is 0.166 e. The molecule has 0 spiro atoms. The fourth-order valence-electron chi connectivity index (χ4n) is 1.47. The van der Waals surface area contributed by atoms with Crippen LogP contribution in [0.2, 0.25) is 5.02 Å². The number of methoxy groups -OCH3 is 1. The Balaban J connectivity index is 2.63. The second-order valence-corrected chi connectivity index (χ2v) is 4.49. The second kappa shape index (κ2) is 3.83. The molecule has 2 rings (SSSR count). The van der Waals surface area contributed by atoms with Crippen LogP contribution < -0.4 is 4.74 Å². The van der Waals surface area contributed by atoms with Crippen LogP contribution in [0.15, 0.2) is 17.0 Å². The van der Waals surface area contributed by atoms with Crippen molar-refractivity contribution in [1.29, 1.82) is 0 Å². The molecule has 1 aliphatic rings. The Labute approximate surface area is 91.6 Å². The molecule has 1 aromatic carbocycles. The Bertz CT molecular complexity index is 390. The van der Waals surface area contributed by atoms with E-state index in [0.29, 0.717) is 17.0 Å². The summed E-state index contributed by atoms with van der Waals surface area (Å²) in [6, 6.07) is 3.51. The first-order chi connectivity index (χ1) is 6.74. The number of ether oxygens (including phenoxy) is 1. The standard InChI is InChI=1S/C10H9ClO2S/c1-13-8-3-2-6(11)9-7(12)4-5-14-10(8)9/h2-3H,4-5H2,1H3. The number of hydrogen-bond donors (Lipinski definition) is 0. The van der Waals surface area contributed by atoms with Crippen molar-refractivity contribution in [3.63, 3.8) is 0 Å². The minimum absolute atomic E-state index is 0.114. The summed E-state index contributed by atoms with van der Waals surface area (Å²) in [5, 5.41) is 0.526. The SMILES string of the molecule is COc1ccc(Cl)c2c1SCCC2=O. The van der Waals surface area contributed by atoms with Gasteiger partial charge in [0.2, 0.25) is 0 Å². The topological polar surface area (TPSA) is 26.3 Å². The zero-order valence-electron chi connectivity index (χ0n) is 7.67. The highest BCUT2D eigenvalue weighted by Gasteiger charge is 2.23. The average molecular weight is 229 g/mol. The Morgan fingerprint density at radius 3 is 3.00 bits per heavy atom. The number of fused-ring (bicyclic) bond motifs is 1. The van der Waals surface area contributed by atoms with Gasteiger partial charge in [0.1, 0.15) is 5.75 Å². The highest BCUT2D eigenvalue weighted by molar-refractivity contribution is 7.99. The largest absolute Gasteiger partial charge is 0.496 e. The number of ketones is 1. The number of halogens is 1. The number of benzene rings is 1. The van der Waals surface area contributed by atoms with Gasteiger partial charge in [-0.2, -0.15) is 0 Å². The lowest BCUT2D eigenvalue weighted by Crippen LogP contribution is -2.09. The number of hydrogen-bond acceptors (Lipinski definition) is 3. The third kappa shape index (κ3) is 1.51.